The summed E-state index contributed by atoms with van der Waals surface area (Å²) < 4.78 is 14.4. The monoisotopic (exact) mass is 335 g/mol. The van der Waals surface area contributed by atoms with Crippen LogP contribution >= 0.6 is 15.9 Å². The van der Waals surface area contributed by atoms with E-state index in [2.05, 4.69) is 21.2 Å². The van der Waals surface area contributed by atoms with Gasteiger partial charge in [0.25, 0.3) is 5.91 Å². The number of rotatable bonds is 3. The predicted octanol–water partition coefficient (Wildman–Crippen LogP) is 4.39. The van der Waals surface area contributed by atoms with Gasteiger partial charge in [0.1, 0.15) is 5.82 Å². The average molecular weight is 336 g/mol. The molecule has 1 atom stereocenters. The van der Waals surface area contributed by atoms with Crippen LogP contribution in [0.4, 0.5) is 4.39 Å². The summed E-state index contributed by atoms with van der Waals surface area (Å²) in [6.07, 6.45) is 0. The Morgan fingerprint density at radius 2 is 1.95 bits per heavy atom. The molecule has 0 spiro atoms. The topological polar surface area (TPSA) is 29.1 Å². The van der Waals surface area contributed by atoms with Crippen LogP contribution in [0.25, 0.3) is 0 Å². The molecule has 4 heteroatoms. The molecule has 2 rings (SSSR count). The first-order valence-corrected chi connectivity index (χ1v) is 7.10. The Kier molecular flexibility index (Phi) is 4.55. The van der Waals surface area contributed by atoms with Crippen molar-refractivity contribution in [3.8, 4) is 0 Å². The van der Waals surface area contributed by atoms with Crippen LogP contribution in [0.2, 0.25) is 0 Å². The molecule has 0 heterocycles. The van der Waals surface area contributed by atoms with Gasteiger partial charge in [-0.1, -0.05) is 40.2 Å². The lowest BCUT2D eigenvalue weighted by molar-refractivity contribution is 0.0935. The fraction of sp³-hybridized carbons (Fsp3) is 0.188. The van der Waals surface area contributed by atoms with Gasteiger partial charge in [-0.25, -0.2) is 4.39 Å². The normalized spacial score (nSPS) is 12.0. The molecule has 0 fully saturated rings. The molecule has 20 heavy (non-hydrogen) atoms. The van der Waals surface area contributed by atoms with E-state index in [9.17, 15) is 9.18 Å². The van der Waals surface area contributed by atoms with E-state index >= 15 is 0 Å². The fourth-order valence-electron chi connectivity index (χ4n) is 2.10. The minimum absolute atomic E-state index is 0.0497. The van der Waals surface area contributed by atoms with E-state index in [-0.39, 0.29) is 11.6 Å². The van der Waals surface area contributed by atoms with Crippen LogP contribution in [0.1, 0.15) is 34.5 Å². The third kappa shape index (κ3) is 3.25. The summed E-state index contributed by atoms with van der Waals surface area (Å²) >= 11 is 3.17. The summed E-state index contributed by atoms with van der Waals surface area (Å²) in [5.41, 5.74) is 2.17. The van der Waals surface area contributed by atoms with Gasteiger partial charge in [-0.2, -0.15) is 0 Å². The van der Waals surface area contributed by atoms with Crippen molar-refractivity contribution in [1.82, 2.24) is 5.32 Å². The Hall–Kier alpha value is -1.68. The van der Waals surface area contributed by atoms with E-state index in [4.69, 9.17) is 0 Å². The van der Waals surface area contributed by atoms with Gasteiger partial charge in [-0.3, -0.25) is 4.79 Å². The standard InChI is InChI=1S/C16H15BrFNO/c1-10-5-3-4-6-13(10)11(2)19-16(20)14-8-7-12(17)9-15(14)18/h3-9,11H,1-2H3,(H,19,20). The number of hydrogen-bond donors (Lipinski definition) is 1. The molecule has 1 amide bonds. The van der Waals surface area contributed by atoms with Crippen molar-refractivity contribution in [2.45, 2.75) is 19.9 Å². The lowest BCUT2D eigenvalue weighted by Crippen LogP contribution is -2.27. The van der Waals surface area contributed by atoms with Crippen LogP contribution in [-0.4, -0.2) is 5.91 Å². The van der Waals surface area contributed by atoms with Crippen LogP contribution < -0.4 is 5.32 Å². The molecular weight excluding hydrogens is 321 g/mol. The molecule has 0 bridgehead atoms. The Labute approximate surface area is 126 Å². The Morgan fingerprint density at radius 1 is 1.25 bits per heavy atom. The van der Waals surface area contributed by atoms with Crippen LogP contribution in [0, 0.1) is 12.7 Å². The van der Waals surface area contributed by atoms with E-state index < -0.39 is 11.7 Å². The van der Waals surface area contributed by atoms with Crippen molar-refractivity contribution in [2.24, 2.45) is 0 Å². The molecule has 2 nitrogen and oxygen atoms in total. The lowest BCUT2D eigenvalue weighted by atomic mass is 10.0. The molecule has 2 aromatic rings. The highest BCUT2D eigenvalue weighted by atomic mass is 79.9. The summed E-state index contributed by atoms with van der Waals surface area (Å²) in [6, 6.07) is 12.0. The molecule has 104 valence electrons. The highest BCUT2D eigenvalue weighted by Gasteiger charge is 2.16. The van der Waals surface area contributed by atoms with E-state index in [1.165, 1.54) is 12.1 Å². The summed E-state index contributed by atoms with van der Waals surface area (Å²) in [5, 5.41) is 2.82. The summed E-state index contributed by atoms with van der Waals surface area (Å²) in [7, 11) is 0. The fourth-order valence-corrected chi connectivity index (χ4v) is 2.43. The lowest BCUT2D eigenvalue weighted by Gasteiger charge is -2.16. The van der Waals surface area contributed by atoms with Crippen LogP contribution in [0.5, 0.6) is 0 Å². The Bertz CT molecular complexity index is 642. The van der Waals surface area contributed by atoms with Crippen molar-refractivity contribution >= 4 is 21.8 Å². The Morgan fingerprint density at radius 3 is 2.60 bits per heavy atom. The first kappa shape index (κ1) is 14.7. The minimum Gasteiger partial charge on any atom is -0.345 e. The zero-order valence-corrected chi connectivity index (χ0v) is 12.9. The maximum atomic E-state index is 13.7. The van der Waals surface area contributed by atoms with Crippen LogP contribution in [0.15, 0.2) is 46.9 Å². The van der Waals surface area contributed by atoms with Gasteiger partial charge < -0.3 is 5.32 Å². The molecule has 0 aliphatic rings. The summed E-state index contributed by atoms with van der Waals surface area (Å²) in [5.74, 6) is -0.945. The van der Waals surface area contributed by atoms with Crippen molar-refractivity contribution < 1.29 is 9.18 Å². The molecule has 1 N–H and O–H groups in total. The van der Waals surface area contributed by atoms with E-state index in [1.807, 2.05) is 38.1 Å². The molecule has 0 aliphatic heterocycles. The van der Waals surface area contributed by atoms with Gasteiger partial charge in [0, 0.05) is 4.47 Å². The number of nitrogens with one attached hydrogen (secondary N) is 1. The van der Waals surface area contributed by atoms with Gasteiger partial charge in [0.15, 0.2) is 0 Å². The van der Waals surface area contributed by atoms with Crippen LogP contribution in [-0.2, 0) is 0 Å². The van der Waals surface area contributed by atoms with Gasteiger partial charge >= 0.3 is 0 Å². The molecule has 0 saturated carbocycles. The number of halogens is 2. The second-order valence-corrected chi connectivity index (χ2v) is 5.59. The quantitative estimate of drug-likeness (QED) is 0.885. The van der Waals surface area contributed by atoms with Crippen molar-refractivity contribution in [3.05, 3.63) is 69.4 Å². The number of carbonyl (C=O) groups is 1. The molecule has 0 aromatic heterocycles. The number of carbonyl (C=O) groups excluding carboxylic acids is 1. The number of amides is 1. The number of benzene rings is 2. The summed E-state index contributed by atoms with van der Waals surface area (Å²) in [6.45, 7) is 3.87. The summed E-state index contributed by atoms with van der Waals surface area (Å²) in [4.78, 5) is 12.1. The molecule has 0 aliphatic carbocycles. The maximum Gasteiger partial charge on any atom is 0.254 e. The van der Waals surface area contributed by atoms with Crippen molar-refractivity contribution in [2.75, 3.05) is 0 Å². The largest absolute Gasteiger partial charge is 0.345 e. The zero-order valence-electron chi connectivity index (χ0n) is 11.3. The highest BCUT2D eigenvalue weighted by molar-refractivity contribution is 9.10. The van der Waals surface area contributed by atoms with Gasteiger partial charge in [-0.15, -0.1) is 0 Å². The van der Waals surface area contributed by atoms with E-state index in [1.54, 1.807) is 6.07 Å². The van der Waals surface area contributed by atoms with Gasteiger partial charge in [0.05, 0.1) is 11.6 Å². The highest BCUT2D eigenvalue weighted by Crippen LogP contribution is 2.19. The third-order valence-corrected chi connectivity index (χ3v) is 3.67. The maximum absolute atomic E-state index is 13.7. The van der Waals surface area contributed by atoms with E-state index in [0.717, 1.165) is 11.1 Å². The average Bonchev–Trinajstić information content (AvgIpc) is 2.38. The number of aryl methyl sites for hydroxylation is 1. The molecular formula is C16H15BrFNO. The second kappa shape index (κ2) is 6.18. The first-order chi connectivity index (χ1) is 9.49. The Balaban J connectivity index is 2.17. The van der Waals surface area contributed by atoms with Crippen LogP contribution in [0.3, 0.4) is 0 Å². The predicted molar refractivity (Wildman–Crippen MR) is 81.2 cm³/mol. The minimum atomic E-state index is -0.533. The second-order valence-electron chi connectivity index (χ2n) is 4.68. The van der Waals surface area contributed by atoms with Gasteiger partial charge in [-0.05, 0) is 43.2 Å². The van der Waals surface area contributed by atoms with E-state index in [0.29, 0.717) is 4.47 Å². The molecule has 1 unspecified atom stereocenters. The van der Waals surface area contributed by atoms with Crippen molar-refractivity contribution in [1.29, 1.82) is 0 Å². The van der Waals surface area contributed by atoms with Gasteiger partial charge in [0.2, 0.25) is 0 Å². The smallest absolute Gasteiger partial charge is 0.254 e. The molecule has 0 saturated heterocycles. The number of hydrogen-bond acceptors (Lipinski definition) is 1. The molecule has 2 aromatic carbocycles. The van der Waals surface area contributed by atoms with Crippen molar-refractivity contribution in [3.63, 3.8) is 0 Å². The first-order valence-electron chi connectivity index (χ1n) is 6.30. The zero-order chi connectivity index (χ0) is 14.7. The molecule has 0 radical (unpaired) electrons. The third-order valence-electron chi connectivity index (χ3n) is 3.18. The SMILES string of the molecule is Cc1ccccc1C(C)NC(=O)c1ccc(Br)cc1F.